The summed E-state index contributed by atoms with van der Waals surface area (Å²) in [6, 6.07) is 11.0. The Morgan fingerprint density at radius 1 is 1.47 bits per heavy atom. The van der Waals surface area contributed by atoms with E-state index in [1.54, 1.807) is 32.2 Å². The second-order valence-electron chi connectivity index (χ2n) is 3.86. The van der Waals surface area contributed by atoms with Gasteiger partial charge in [-0.2, -0.15) is 10.5 Å². The molecule has 1 unspecified atom stereocenters. The number of hydrogen-bond acceptors (Lipinski definition) is 3. The molecule has 0 spiro atoms. The average molecular weight is 227 g/mol. The Kier molecular flexibility index (Phi) is 4.25. The van der Waals surface area contributed by atoms with Crippen molar-refractivity contribution in [1.29, 1.82) is 10.5 Å². The molecule has 1 aromatic carbocycles. The van der Waals surface area contributed by atoms with Crippen molar-refractivity contribution in [2.24, 2.45) is 5.92 Å². The molecule has 1 aromatic rings. The number of carbonyl (C=O) groups excluding carboxylic acids is 1. The summed E-state index contributed by atoms with van der Waals surface area (Å²) in [6.45, 7) is 1.98. The summed E-state index contributed by atoms with van der Waals surface area (Å²) in [5.74, 6) is -0.853. The highest BCUT2D eigenvalue weighted by Crippen LogP contribution is 2.09. The number of hydrogen-bond donors (Lipinski definition) is 0. The van der Waals surface area contributed by atoms with E-state index in [0.717, 1.165) is 5.56 Å². The summed E-state index contributed by atoms with van der Waals surface area (Å²) in [5, 5.41) is 17.4. The van der Waals surface area contributed by atoms with Crippen LogP contribution in [-0.4, -0.2) is 17.9 Å². The largest absolute Gasteiger partial charge is 0.340 e. The van der Waals surface area contributed by atoms with Crippen LogP contribution in [-0.2, 0) is 11.3 Å². The van der Waals surface area contributed by atoms with Crippen molar-refractivity contribution in [2.75, 3.05) is 7.05 Å². The maximum atomic E-state index is 11.7. The van der Waals surface area contributed by atoms with Gasteiger partial charge in [-0.15, -0.1) is 0 Å². The molecular weight excluding hydrogens is 214 g/mol. The number of carbonyl (C=O) groups is 1. The molecule has 0 radical (unpaired) electrons. The fourth-order valence-electron chi connectivity index (χ4n) is 1.48. The number of nitrogens with zero attached hydrogens (tertiary/aromatic N) is 3. The molecule has 1 atom stereocenters. The molecular formula is C13H13N3O. The van der Waals surface area contributed by atoms with Crippen LogP contribution in [0.1, 0.15) is 18.1 Å². The predicted molar refractivity (Wildman–Crippen MR) is 62.4 cm³/mol. The summed E-state index contributed by atoms with van der Waals surface area (Å²) in [7, 11) is 1.65. The number of benzene rings is 1. The van der Waals surface area contributed by atoms with Crippen LogP contribution in [0.25, 0.3) is 0 Å². The molecule has 1 amide bonds. The van der Waals surface area contributed by atoms with Gasteiger partial charge >= 0.3 is 0 Å². The molecule has 86 valence electrons. The highest BCUT2D eigenvalue weighted by atomic mass is 16.2. The second kappa shape index (κ2) is 5.67. The number of rotatable bonds is 3. The highest BCUT2D eigenvalue weighted by Gasteiger charge is 2.16. The first kappa shape index (κ1) is 12.7. The Labute approximate surface area is 101 Å². The molecule has 0 fully saturated rings. The van der Waals surface area contributed by atoms with E-state index in [4.69, 9.17) is 10.5 Å². The molecule has 0 aliphatic rings. The highest BCUT2D eigenvalue weighted by molar-refractivity contribution is 5.80. The Balaban J connectivity index is 2.75. The van der Waals surface area contributed by atoms with Crippen molar-refractivity contribution in [1.82, 2.24) is 4.90 Å². The quantitative estimate of drug-likeness (QED) is 0.788. The Bertz CT molecular complexity index is 496. The van der Waals surface area contributed by atoms with E-state index in [1.165, 1.54) is 4.90 Å². The van der Waals surface area contributed by atoms with Crippen LogP contribution >= 0.6 is 0 Å². The first-order chi connectivity index (χ1) is 8.08. The molecule has 0 aliphatic carbocycles. The lowest BCUT2D eigenvalue weighted by Gasteiger charge is -2.18. The van der Waals surface area contributed by atoms with Crippen LogP contribution in [0.15, 0.2) is 24.3 Å². The molecule has 0 saturated heterocycles. The van der Waals surface area contributed by atoms with Gasteiger partial charge in [0.05, 0.1) is 17.7 Å². The Hall–Kier alpha value is -2.33. The molecule has 0 N–H and O–H groups in total. The van der Waals surface area contributed by atoms with Gasteiger partial charge in [0.1, 0.15) is 5.92 Å². The molecule has 1 rings (SSSR count). The predicted octanol–water partition coefficient (Wildman–Crippen LogP) is 1.68. The van der Waals surface area contributed by atoms with Gasteiger partial charge in [-0.1, -0.05) is 12.1 Å². The Morgan fingerprint density at radius 2 is 2.18 bits per heavy atom. The van der Waals surface area contributed by atoms with Crippen molar-refractivity contribution in [3.8, 4) is 12.1 Å². The third-order valence-corrected chi connectivity index (χ3v) is 2.42. The summed E-state index contributed by atoms with van der Waals surface area (Å²) >= 11 is 0. The first-order valence-electron chi connectivity index (χ1n) is 5.22. The van der Waals surface area contributed by atoms with Gasteiger partial charge in [0.15, 0.2) is 0 Å². The van der Waals surface area contributed by atoms with Gasteiger partial charge in [0.2, 0.25) is 5.91 Å². The van der Waals surface area contributed by atoms with Crippen molar-refractivity contribution in [3.05, 3.63) is 35.4 Å². The minimum absolute atomic E-state index is 0.213. The molecule has 17 heavy (non-hydrogen) atoms. The normalized spacial score (nSPS) is 11.1. The van der Waals surface area contributed by atoms with Crippen LogP contribution in [0.4, 0.5) is 0 Å². The lowest BCUT2D eigenvalue weighted by molar-refractivity contribution is -0.132. The number of nitriles is 2. The third-order valence-electron chi connectivity index (χ3n) is 2.42. The molecule has 0 aliphatic heterocycles. The summed E-state index contributed by atoms with van der Waals surface area (Å²) in [4.78, 5) is 13.2. The second-order valence-corrected chi connectivity index (χ2v) is 3.86. The van der Waals surface area contributed by atoms with Crippen molar-refractivity contribution < 1.29 is 4.79 Å². The van der Waals surface area contributed by atoms with Crippen molar-refractivity contribution in [3.63, 3.8) is 0 Å². The fourth-order valence-corrected chi connectivity index (χ4v) is 1.48. The van der Waals surface area contributed by atoms with Crippen LogP contribution in [0.3, 0.4) is 0 Å². The zero-order valence-electron chi connectivity index (χ0n) is 9.84. The van der Waals surface area contributed by atoms with Gasteiger partial charge in [-0.05, 0) is 24.6 Å². The number of amides is 1. The summed E-state index contributed by atoms with van der Waals surface area (Å²) in [5.41, 5.74) is 1.45. The average Bonchev–Trinajstić information content (AvgIpc) is 2.37. The van der Waals surface area contributed by atoms with E-state index in [9.17, 15) is 4.79 Å². The van der Waals surface area contributed by atoms with Crippen molar-refractivity contribution in [2.45, 2.75) is 13.5 Å². The van der Waals surface area contributed by atoms with Crippen LogP contribution in [0.5, 0.6) is 0 Å². The monoisotopic (exact) mass is 227 g/mol. The van der Waals surface area contributed by atoms with Crippen LogP contribution in [0, 0.1) is 28.6 Å². The van der Waals surface area contributed by atoms with E-state index in [1.807, 2.05) is 18.2 Å². The minimum Gasteiger partial charge on any atom is -0.340 e. The van der Waals surface area contributed by atoms with Gasteiger partial charge in [-0.25, -0.2) is 0 Å². The van der Waals surface area contributed by atoms with Crippen LogP contribution in [0.2, 0.25) is 0 Å². The van der Waals surface area contributed by atoms with Gasteiger partial charge in [-0.3, -0.25) is 4.79 Å². The molecule has 0 saturated carbocycles. The van der Waals surface area contributed by atoms with Crippen LogP contribution < -0.4 is 0 Å². The van der Waals surface area contributed by atoms with Gasteiger partial charge in [0.25, 0.3) is 0 Å². The zero-order chi connectivity index (χ0) is 12.8. The molecule has 0 heterocycles. The SMILES string of the molecule is CC(C#N)C(=O)N(C)Cc1cccc(C#N)c1. The van der Waals surface area contributed by atoms with E-state index in [2.05, 4.69) is 0 Å². The zero-order valence-corrected chi connectivity index (χ0v) is 9.84. The van der Waals surface area contributed by atoms with E-state index >= 15 is 0 Å². The summed E-state index contributed by atoms with van der Waals surface area (Å²) in [6.07, 6.45) is 0. The third kappa shape index (κ3) is 3.32. The molecule has 4 heteroatoms. The van der Waals surface area contributed by atoms with E-state index in [0.29, 0.717) is 12.1 Å². The first-order valence-corrected chi connectivity index (χ1v) is 5.22. The molecule has 0 bridgehead atoms. The minimum atomic E-state index is -0.640. The van der Waals surface area contributed by atoms with E-state index < -0.39 is 5.92 Å². The standard InChI is InChI=1S/C13H13N3O/c1-10(7-14)13(17)16(2)9-12-5-3-4-11(6-12)8-15/h3-6,10H,9H2,1-2H3. The maximum absolute atomic E-state index is 11.7. The smallest absolute Gasteiger partial charge is 0.239 e. The molecule has 0 aromatic heterocycles. The lowest BCUT2D eigenvalue weighted by atomic mass is 10.1. The van der Waals surface area contributed by atoms with Gasteiger partial charge < -0.3 is 4.90 Å². The van der Waals surface area contributed by atoms with E-state index in [-0.39, 0.29) is 5.91 Å². The lowest BCUT2D eigenvalue weighted by Crippen LogP contribution is -2.30. The van der Waals surface area contributed by atoms with Crippen molar-refractivity contribution >= 4 is 5.91 Å². The van der Waals surface area contributed by atoms with Gasteiger partial charge in [0, 0.05) is 13.6 Å². The Morgan fingerprint density at radius 3 is 2.76 bits per heavy atom. The summed E-state index contributed by atoms with van der Waals surface area (Å²) < 4.78 is 0. The maximum Gasteiger partial charge on any atom is 0.239 e. The fraction of sp³-hybridized carbons (Fsp3) is 0.308. The topological polar surface area (TPSA) is 67.9 Å². The molecule has 4 nitrogen and oxygen atoms in total.